The van der Waals surface area contributed by atoms with Gasteiger partial charge >= 0.3 is 0 Å². The van der Waals surface area contributed by atoms with E-state index in [-0.39, 0.29) is 24.2 Å². The van der Waals surface area contributed by atoms with Crippen molar-refractivity contribution < 1.29 is 18.0 Å². The lowest BCUT2D eigenvalue weighted by molar-refractivity contribution is -0.139. The van der Waals surface area contributed by atoms with Crippen molar-refractivity contribution in [3.05, 3.63) is 65.2 Å². The van der Waals surface area contributed by atoms with E-state index in [2.05, 4.69) is 5.32 Å². The average molecular weight is 494 g/mol. The fourth-order valence-electron chi connectivity index (χ4n) is 3.28. The van der Waals surface area contributed by atoms with Crippen LogP contribution in [0.25, 0.3) is 0 Å². The summed E-state index contributed by atoms with van der Waals surface area (Å²) in [6.07, 6.45) is 2.32. The Morgan fingerprint density at radius 1 is 1.06 bits per heavy atom. The predicted molar refractivity (Wildman–Crippen MR) is 133 cm³/mol. The van der Waals surface area contributed by atoms with E-state index >= 15 is 0 Å². The van der Waals surface area contributed by atoms with Gasteiger partial charge in [0, 0.05) is 17.6 Å². The average Bonchev–Trinajstić information content (AvgIpc) is 2.77. The Morgan fingerprint density at radius 3 is 2.30 bits per heavy atom. The fraction of sp³-hybridized carbons (Fsp3) is 0.417. The lowest BCUT2D eigenvalue weighted by atomic mass is 10.1. The summed E-state index contributed by atoms with van der Waals surface area (Å²) in [5.41, 5.74) is 1.30. The predicted octanol–water partition coefficient (Wildman–Crippen LogP) is 3.48. The molecule has 0 radical (unpaired) electrons. The summed E-state index contributed by atoms with van der Waals surface area (Å²) >= 11 is 6.04. The molecule has 0 saturated carbocycles. The zero-order valence-corrected chi connectivity index (χ0v) is 21.1. The second kappa shape index (κ2) is 12.0. The third-order valence-electron chi connectivity index (χ3n) is 5.43. The van der Waals surface area contributed by atoms with Gasteiger partial charge in [-0.1, -0.05) is 54.9 Å². The zero-order chi connectivity index (χ0) is 24.6. The maximum absolute atomic E-state index is 13.4. The number of benzene rings is 2. The molecule has 2 rings (SSSR count). The normalized spacial score (nSPS) is 13.1. The first-order valence-electron chi connectivity index (χ1n) is 10.9. The molecular weight excluding hydrogens is 462 g/mol. The molecule has 1 N–H and O–H groups in total. The third-order valence-corrected chi connectivity index (χ3v) is 6.80. The highest BCUT2D eigenvalue weighted by Crippen LogP contribution is 2.22. The number of hydrogen-bond donors (Lipinski definition) is 1. The van der Waals surface area contributed by atoms with Gasteiger partial charge in [0.2, 0.25) is 21.8 Å². The van der Waals surface area contributed by atoms with Crippen molar-refractivity contribution in [2.75, 3.05) is 23.7 Å². The maximum atomic E-state index is 13.4. The van der Waals surface area contributed by atoms with Crippen LogP contribution in [-0.4, -0.2) is 56.6 Å². The van der Waals surface area contributed by atoms with Gasteiger partial charge in [0.15, 0.2) is 0 Å². The number of halogens is 1. The highest BCUT2D eigenvalue weighted by Gasteiger charge is 2.30. The van der Waals surface area contributed by atoms with Crippen molar-refractivity contribution in [2.24, 2.45) is 0 Å². The molecular formula is C24H32ClN3O4S. The minimum Gasteiger partial charge on any atom is -0.352 e. The number of carbonyl (C=O) groups is 2. The third kappa shape index (κ3) is 8.05. The molecule has 2 atom stereocenters. The second-order valence-electron chi connectivity index (χ2n) is 8.07. The van der Waals surface area contributed by atoms with Gasteiger partial charge in [0.25, 0.3) is 0 Å². The number of amides is 2. The molecule has 0 heterocycles. The van der Waals surface area contributed by atoms with Crippen molar-refractivity contribution in [3.63, 3.8) is 0 Å². The number of rotatable bonds is 11. The van der Waals surface area contributed by atoms with Crippen LogP contribution in [0.1, 0.15) is 32.8 Å². The Kier molecular flexibility index (Phi) is 9.73. The van der Waals surface area contributed by atoms with E-state index in [9.17, 15) is 18.0 Å². The quantitative estimate of drug-likeness (QED) is 0.519. The first-order valence-corrected chi connectivity index (χ1v) is 13.1. The van der Waals surface area contributed by atoms with Gasteiger partial charge < -0.3 is 10.2 Å². The first-order chi connectivity index (χ1) is 15.5. The van der Waals surface area contributed by atoms with E-state index in [0.717, 1.165) is 22.5 Å². The number of nitrogens with one attached hydrogen (secondary N) is 1. The molecule has 33 heavy (non-hydrogen) atoms. The lowest BCUT2D eigenvalue weighted by Gasteiger charge is -2.32. The Bertz CT molecular complexity index is 1050. The molecule has 0 aliphatic carbocycles. The van der Waals surface area contributed by atoms with Crippen molar-refractivity contribution >= 4 is 39.1 Å². The first kappa shape index (κ1) is 26.7. The van der Waals surface area contributed by atoms with Gasteiger partial charge in [-0.05, 0) is 50.5 Å². The summed E-state index contributed by atoms with van der Waals surface area (Å²) in [6, 6.07) is 15.1. The minimum absolute atomic E-state index is 0.0370. The Morgan fingerprint density at radius 2 is 1.73 bits per heavy atom. The summed E-state index contributed by atoms with van der Waals surface area (Å²) in [5, 5.41) is 3.26. The van der Waals surface area contributed by atoms with Crippen LogP contribution in [0.2, 0.25) is 5.02 Å². The van der Waals surface area contributed by atoms with E-state index in [1.54, 1.807) is 25.1 Å². The Hall–Kier alpha value is -2.58. The topological polar surface area (TPSA) is 86.8 Å². The van der Waals surface area contributed by atoms with Crippen LogP contribution in [0, 0.1) is 0 Å². The molecule has 2 aromatic rings. The largest absolute Gasteiger partial charge is 0.352 e. The van der Waals surface area contributed by atoms with Crippen LogP contribution in [0.4, 0.5) is 5.69 Å². The number of carbonyl (C=O) groups excluding carboxylic acids is 2. The zero-order valence-electron chi connectivity index (χ0n) is 19.5. The van der Waals surface area contributed by atoms with Gasteiger partial charge in [0.1, 0.15) is 12.6 Å². The van der Waals surface area contributed by atoms with E-state index in [0.29, 0.717) is 11.4 Å². The molecule has 0 aromatic heterocycles. The highest BCUT2D eigenvalue weighted by atomic mass is 35.5. The number of hydrogen-bond acceptors (Lipinski definition) is 4. The van der Waals surface area contributed by atoms with Crippen molar-refractivity contribution in [1.82, 2.24) is 10.2 Å². The molecule has 0 aliphatic heterocycles. The van der Waals surface area contributed by atoms with Gasteiger partial charge in [-0.3, -0.25) is 13.9 Å². The van der Waals surface area contributed by atoms with Crippen LogP contribution in [0.15, 0.2) is 54.6 Å². The molecule has 2 amide bonds. The molecule has 0 bridgehead atoms. The molecule has 9 heteroatoms. The fourth-order valence-corrected chi connectivity index (χ4v) is 4.31. The standard InChI is InChI=1S/C24H32ClN3O4S/c1-5-18(2)26-24(30)19(3)27(15-14-20-10-7-6-8-11-20)23(29)17-28(33(4,31)32)22-13-9-12-21(25)16-22/h6-13,16,18-19H,5,14-15,17H2,1-4H3,(H,26,30)/t18-,19-/m1/s1. The second-order valence-corrected chi connectivity index (χ2v) is 10.4. The Labute approximate surface area is 201 Å². The molecule has 0 aliphatic rings. The summed E-state index contributed by atoms with van der Waals surface area (Å²) in [5.74, 6) is -0.748. The molecule has 7 nitrogen and oxygen atoms in total. The molecule has 0 unspecified atom stereocenters. The number of nitrogens with zero attached hydrogens (tertiary/aromatic N) is 2. The molecule has 2 aromatic carbocycles. The molecule has 0 fully saturated rings. The monoisotopic (exact) mass is 493 g/mol. The van der Waals surface area contributed by atoms with Crippen molar-refractivity contribution in [3.8, 4) is 0 Å². The minimum atomic E-state index is -3.77. The summed E-state index contributed by atoms with van der Waals surface area (Å²) < 4.78 is 26.0. The summed E-state index contributed by atoms with van der Waals surface area (Å²) in [4.78, 5) is 27.6. The highest BCUT2D eigenvalue weighted by molar-refractivity contribution is 7.92. The van der Waals surface area contributed by atoms with Crippen LogP contribution >= 0.6 is 11.6 Å². The van der Waals surface area contributed by atoms with E-state index in [1.807, 2.05) is 44.2 Å². The SMILES string of the molecule is CC[C@@H](C)NC(=O)[C@@H](C)N(CCc1ccccc1)C(=O)CN(c1cccc(Cl)c1)S(C)(=O)=O. The molecule has 0 saturated heterocycles. The van der Waals surface area contributed by atoms with Crippen molar-refractivity contribution in [2.45, 2.75) is 45.7 Å². The van der Waals surface area contributed by atoms with Gasteiger partial charge in [-0.25, -0.2) is 8.42 Å². The summed E-state index contributed by atoms with van der Waals surface area (Å²) in [6.45, 7) is 5.35. The number of anilines is 1. The lowest BCUT2D eigenvalue weighted by Crippen LogP contribution is -2.53. The van der Waals surface area contributed by atoms with Crippen LogP contribution in [0.5, 0.6) is 0 Å². The van der Waals surface area contributed by atoms with E-state index < -0.39 is 28.5 Å². The van der Waals surface area contributed by atoms with Crippen LogP contribution in [0.3, 0.4) is 0 Å². The smallest absolute Gasteiger partial charge is 0.244 e. The van der Waals surface area contributed by atoms with Gasteiger partial charge in [-0.2, -0.15) is 0 Å². The van der Waals surface area contributed by atoms with E-state index in [4.69, 9.17) is 11.6 Å². The summed E-state index contributed by atoms with van der Waals surface area (Å²) in [7, 11) is -3.77. The van der Waals surface area contributed by atoms with Crippen LogP contribution in [-0.2, 0) is 26.0 Å². The molecule has 0 spiro atoms. The van der Waals surface area contributed by atoms with Gasteiger partial charge in [-0.15, -0.1) is 0 Å². The van der Waals surface area contributed by atoms with E-state index in [1.165, 1.54) is 11.0 Å². The van der Waals surface area contributed by atoms with Crippen LogP contribution < -0.4 is 9.62 Å². The maximum Gasteiger partial charge on any atom is 0.244 e. The number of sulfonamides is 1. The van der Waals surface area contributed by atoms with Gasteiger partial charge in [0.05, 0.1) is 11.9 Å². The van der Waals surface area contributed by atoms with Crippen molar-refractivity contribution in [1.29, 1.82) is 0 Å². The Balaban J connectivity index is 2.30. The molecule has 180 valence electrons.